The topological polar surface area (TPSA) is 91.1 Å². The van der Waals surface area contributed by atoms with Gasteiger partial charge in [0.15, 0.2) is 5.82 Å². The van der Waals surface area contributed by atoms with E-state index in [-0.39, 0.29) is 24.1 Å². The second-order valence-corrected chi connectivity index (χ2v) is 7.66. The standard InChI is InChI=1S/C21H21F3N4O2/c22-21(23,24)13-5-6-15(18(29)9-13)19-16-11-30-8-7-14(16)20(28-27-19)26-17-4-2-1-3-12(17)10-25/h5-6,9,12,17,29H,1-4,7-8,11H2,(H,26,28)/t12-,17+/m0/s1. The first kappa shape index (κ1) is 20.4. The number of alkyl halides is 3. The van der Waals surface area contributed by atoms with E-state index in [1.807, 2.05) is 0 Å². The maximum absolute atomic E-state index is 12.9. The summed E-state index contributed by atoms with van der Waals surface area (Å²) in [5.41, 5.74) is 1.12. The number of nitrogens with zero attached hydrogens (tertiary/aromatic N) is 3. The van der Waals surface area contributed by atoms with E-state index in [1.165, 1.54) is 6.07 Å². The second-order valence-electron chi connectivity index (χ2n) is 7.66. The van der Waals surface area contributed by atoms with Crippen molar-refractivity contribution in [3.05, 3.63) is 34.9 Å². The monoisotopic (exact) mass is 418 g/mol. The summed E-state index contributed by atoms with van der Waals surface area (Å²) in [5, 5.41) is 31.5. The molecule has 0 radical (unpaired) electrons. The number of halogens is 3. The minimum atomic E-state index is -4.55. The molecule has 0 unspecified atom stereocenters. The predicted octanol–water partition coefficient (Wildman–Crippen LogP) is 4.43. The largest absolute Gasteiger partial charge is 0.507 e. The van der Waals surface area contributed by atoms with E-state index in [0.29, 0.717) is 36.2 Å². The average molecular weight is 418 g/mol. The molecule has 1 saturated carbocycles. The summed E-state index contributed by atoms with van der Waals surface area (Å²) in [6.45, 7) is 0.708. The Morgan fingerprint density at radius 1 is 1.17 bits per heavy atom. The zero-order chi connectivity index (χ0) is 21.3. The van der Waals surface area contributed by atoms with Crippen LogP contribution in [0.15, 0.2) is 18.2 Å². The summed E-state index contributed by atoms with van der Waals surface area (Å²) in [5.74, 6) is -0.0327. The highest BCUT2D eigenvalue weighted by Crippen LogP contribution is 2.39. The molecule has 0 bridgehead atoms. The number of ether oxygens (including phenoxy) is 1. The zero-order valence-corrected chi connectivity index (χ0v) is 16.2. The van der Waals surface area contributed by atoms with E-state index >= 15 is 0 Å². The number of phenolic OH excluding ortho intramolecular Hbond substituents is 1. The summed E-state index contributed by atoms with van der Waals surface area (Å²) in [6, 6.07) is 5.15. The minimum Gasteiger partial charge on any atom is -0.507 e. The quantitative estimate of drug-likeness (QED) is 0.766. The molecule has 4 rings (SSSR count). The van der Waals surface area contributed by atoms with Gasteiger partial charge in [-0.05, 0) is 37.5 Å². The molecular formula is C21H21F3N4O2. The lowest BCUT2D eigenvalue weighted by molar-refractivity contribution is -0.137. The molecule has 30 heavy (non-hydrogen) atoms. The lowest BCUT2D eigenvalue weighted by Crippen LogP contribution is -2.32. The summed E-state index contributed by atoms with van der Waals surface area (Å²) >= 11 is 0. The molecule has 9 heteroatoms. The van der Waals surface area contributed by atoms with Crippen LogP contribution in [0.1, 0.15) is 42.4 Å². The fraction of sp³-hybridized carbons (Fsp3) is 0.476. The second kappa shape index (κ2) is 8.11. The van der Waals surface area contributed by atoms with Gasteiger partial charge in [-0.2, -0.15) is 18.4 Å². The summed E-state index contributed by atoms with van der Waals surface area (Å²) in [4.78, 5) is 0. The first-order valence-corrected chi connectivity index (χ1v) is 9.91. The molecule has 0 saturated heterocycles. The van der Waals surface area contributed by atoms with E-state index in [9.17, 15) is 23.5 Å². The van der Waals surface area contributed by atoms with Crippen LogP contribution >= 0.6 is 0 Å². The lowest BCUT2D eigenvalue weighted by Gasteiger charge is -2.30. The third-order valence-electron chi connectivity index (χ3n) is 5.76. The number of fused-ring (bicyclic) bond motifs is 1. The van der Waals surface area contributed by atoms with Gasteiger partial charge >= 0.3 is 6.18 Å². The van der Waals surface area contributed by atoms with Crippen LogP contribution in [0.25, 0.3) is 11.3 Å². The smallest absolute Gasteiger partial charge is 0.416 e. The van der Waals surface area contributed by atoms with Crippen molar-refractivity contribution in [2.24, 2.45) is 5.92 Å². The minimum absolute atomic E-state index is 0.0182. The maximum Gasteiger partial charge on any atom is 0.416 e. The van der Waals surface area contributed by atoms with Crippen LogP contribution in [0, 0.1) is 17.2 Å². The van der Waals surface area contributed by atoms with Crippen molar-refractivity contribution in [3.63, 3.8) is 0 Å². The number of anilines is 1. The summed E-state index contributed by atoms with van der Waals surface area (Å²) < 4.78 is 44.3. The van der Waals surface area contributed by atoms with Crippen molar-refractivity contribution in [2.75, 3.05) is 11.9 Å². The van der Waals surface area contributed by atoms with Crippen LogP contribution in [0.3, 0.4) is 0 Å². The highest BCUT2D eigenvalue weighted by molar-refractivity contribution is 5.73. The van der Waals surface area contributed by atoms with Crippen molar-refractivity contribution in [3.8, 4) is 23.1 Å². The van der Waals surface area contributed by atoms with E-state index in [2.05, 4.69) is 21.6 Å². The van der Waals surface area contributed by atoms with Gasteiger partial charge in [-0.15, -0.1) is 10.2 Å². The number of aromatic hydroxyl groups is 1. The Labute approximate surface area is 171 Å². The molecule has 6 nitrogen and oxygen atoms in total. The zero-order valence-electron chi connectivity index (χ0n) is 16.2. The van der Waals surface area contributed by atoms with Crippen molar-refractivity contribution < 1.29 is 23.0 Å². The summed E-state index contributed by atoms with van der Waals surface area (Å²) in [6.07, 6.45) is -0.218. The number of hydrogen-bond acceptors (Lipinski definition) is 6. The van der Waals surface area contributed by atoms with E-state index < -0.39 is 17.5 Å². The van der Waals surface area contributed by atoms with Crippen molar-refractivity contribution in [1.29, 1.82) is 5.26 Å². The molecule has 2 N–H and O–H groups in total. The summed E-state index contributed by atoms with van der Waals surface area (Å²) in [7, 11) is 0. The molecule has 1 aromatic carbocycles. The van der Waals surface area contributed by atoms with E-state index in [4.69, 9.17) is 4.74 Å². The van der Waals surface area contributed by atoms with Gasteiger partial charge < -0.3 is 15.2 Å². The fourth-order valence-corrected chi connectivity index (χ4v) is 4.15. The Balaban J connectivity index is 1.71. The number of rotatable bonds is 3. The molecule has 2 heterocycles. The number of nitriles is 1. The van der Waals surface area contributed by atoms with Gasteiger partial charge in [-0.1, -0.05) is 12.8 Å². The highest BCUT2D eigenvalue weighted by Gasteiger charge is 2.32. The van der Waals surface area contributed by atoms with Crippen LogP contribution in [0.5, 0.6) is 5.75 Å². The number of hydrogen-bond donors (Lipinski definition) is 2. The Kier molecular flexibility index (Phi) is 5.52. The molecule has 1 aliphatic carbocycles. The average Bonchev–Trinajstić information content (AvgIpc) is 2.74. The molecular weight excluding hydrogens is 397 g/mol. The van der Waals surface area contributed by atoms with Crippen molar-refractivity contribution in [1.82, 2.24) is 10.2 Å². The van der Waals surface area contributed by atoms with Crippen LogP contribution in [-0.4, -0.2) is 28.0 Å². The molecule has 1 fully saturated rings. The normalized spacial score (nSPS) is 21.5. The molecule has 2 atom stereocenters. The SMILES string of the molecule is N#C[C@@H]1CCCC[C@H]1Nc1nnc(-c2ccc(C(F)(F)F)cc2O)c2c1CCOC2. The number of aromatic nitrogens is 2. The lowest BCUT2D eigenvalue weighted by atomic mass is 9.85. The van der Waals surface area contributed by atoms with Gasteiger partial charge in [0.05, 0.1) is 30.8 Å². The van der Waals surface area contributed by atoms with E-state index in [1.54, 1.807) is 0 Å². The Morgan fingerprint density at radius 2 is 1.97 bits per heavy atom. The fourth-order valence-electron chi connectivity index (χ4n) is 4.15. The molecule has 0 spiro atoms. The van der Waals surface area contributed by atoms with Crippen molar-refractivity contribution in [2.45, 2.75) is 50.9 Å². The molecule has 2 aromatic rings. The Hall–Kier alpha value is -2.86. The third-order valence-corrected chi connectivity index (χ3v) is 5.76. The van der Waals surface area contributed by atoms with Crippen LogP contribution in [0.4, 0.5) is 19.0 Å². The third kappa shape index (κ3) is 3.92. The van der Waals surface area contributed by atoms with Gasteiger partial charge in [0.25, 0.3) is 0 Å². The molecule has 1 aromatic heterocycles. The maximum atomic E-state index is 12.9. The number of phenols is 1. The van der Waals surface area contributed by atoms with Gasteiger partial charge in [0.2, 0.25) is 0 Å². The van der Waals surface area contributed by atoms with Gasteiger partial charge in [-0.25, -0.2) is 0 Å². The molecule has 0 amide bonds. The molecule has 2 aliphatic rings. The number of benzene rings is 1. The molecule has 158 valence electrons. The Bertz CT molecular complexity index is 987. The highest BCUT2D eigenvalue weighted by atomic mass is 19.4. The first-order valence-electron chi connectivity index (χ1n) is 9.91. The van der Waals surface area contributed by atoms with Crippen LogP contribution in [0.2, 0.25) is 0 Å². The van der Waals surface area contributed by atoms with E-state index in [0.717, 1.165) is 37.3 Å². The van der Waals surface area contributed by atoms with Crippen LogP contribution < -0.4 is 5.32 Å². The van der Waals surface area contributed by atoms with Crippen LogP contribution in [-0.2, 0) is 23.9 Å². The van der Waals surface area contributed by atoms with Gasteiger partial charge in [0.1, 0.15) is 11.4 Å². The predicted molar refractivity (Wildman–Crippen MR) is 102 cm³/mol. The first-order chi connectivity index (χ1) is 14.4. The van der Waals surface area contributed by atoms with Gasteiger partial charge in [0, 0.05) is 22.7 Å². The Morgan fingerprint density at radius 3 is 2.70 bits per heavy atom. The van der Waals surface area contributed by atoms with Gasteiger partial charge in [-0.3, -0.25) is 0 Å². The number of nitrogens with one attached hydrogen (secondary N) is 1. The molecule has 1 aliphatic heterocycles. The van der Waals surface area contributed by atoms with Crippen molar-refractivity contribution >= 4 is 5.82 Å².